The van der Waals surface area contributed by atoms with Crippen molar-refractivity contribution in [2.24, 2.45) is 7.05 Å². The van der Waals surface area contributed by atoms with E-state index in [0.29, 0.717) is 11.4 Å². The molecule has 21 heavy (non-hydrogen) atoms. The fourth-order valence-corrected chi connectivity index (χ4v) is 3.18. The van der Waals surface area contributed by atoms with Gasteiger partial charge in [-0.2, -0.15) is 5.10 Å². The van der Waals surface area contributed by atoms with Crippen molar-refractivity contribution in [2.45, 2.75) is 30.3 Å². The van der Waals surface area contributed by atoms with Gasteiger partial charge in [0.25, 0.3) is 5.69 Å². The Bertz CT molecular complexity index is 654. The maximum absolute atomic E-state index is 11.1. The quantitative estimate of drug-likeness (QED) is 0.656. The number of nitro benzene ring substituents is 1. The predicted octanol–water partition coefficient (Wildman–Crippen LogP) is 2.90. The third kappa shape index (κ3) is 3.43. The monoisotopic (exact) mass is 306 g/mol. The Kier molecular flexibility index (Phi) is 4.98. The van der Waals surface area contributed by atoms with Crippen LogP contribution in [0.1, 0.15) is 18.2 Å². The van der Waals surface area contributed by atoms with E-state index >= 15 is 0 Å². The summed E-state index contributed by atoms with van der Waals surface area (Å²) in [5, 5.41) is 19.8. The van der Waals surface area contributed by atoms with Gasteiger partial charge in [0, 0.05) is 25.2 Å². The van der Waals surface area contributed by atoms with E-state index in [1.807, 2.05) is 27.0 Å². The normalized spacial score (nSPS) is 10.8. The highest BCUT2D eigenvalue weighted by Crippen LogP contribution is 2.36. The molecular weight excluding hydrogens is 288 g/mol. The molecule has 0 aliphatic carbocycles. The lowest BCUT2D eigenvalue weighted by Gasteiger charge is -2.07. The van der Waals surface area contributed by atoms with Crippen molar-refractivity contribution in [1.82, 2.24) is 15.1 Å². The van der Waals surface area contributed by atoms with E-state index in [2.05, 4.69) is 10.4 Å². The Labute approximate surface area is 127 Å². The highest BCUT2D eigenvalue weighted by molar-refractivity contribution is 7.99. The molecule has 0 spiro atoms. The van der Waals surface area contributed by atoms with Crippen LogP contribution in [0.15, 0.2) is 34.2 Å². The Morgan fingerprint density at radius 2 is 2.14 bits per heavy atom. The third-order valence-corrected chi connectivity index (χ3v) is 4.38. The van der Waals surface area contributed by atoms with Crippen molar-refractivity contribution in [3.8, 4) is 0 Å². The van der Waals surface area contributed by atoms with Crippen molar-refractivity contribution < 1.29 is 4.92 Å². The van der Waals surface area contributed by atoms with E-state index < -0.39 is 0 Å². The first-order chi connectivity index (χ1) is 10.0. The molecule has 6 nitrogen and oxygen atoms in total. The molecule has 0 fully saturated rings. The average Bonchev–Trinajstić information content (AvgIpc) is 2.71. The molecule has 2 aromatic rings. The van der Waals surface area contributed by atoms with Crippen LogP contribution in [0.2, 0.25) is 0 Å². The summed E-state index contributed by atoms with van der Waals surface area (Å²) in [4.78, 5) is 11.4. The standard InChI is InChI=1S/C14H18N4O2S/c1-4-15-9-11-10(2)16-17(3)14(11)21-13-8-6-5-7-12(13)18(19)20/h5-8,15H,4,9H2,1-3H3. The van der Waals surface area contributed by atoms with Crippen molar-refractivity contribution in [3.63, 3.8) is 0 Å². The van der Waals surface area contributed by atoms with Crippen LogP contribution in [-0.2, 0) is 13.6 Å². The van der Waals surface area contributed by atoms with Gasteiger partial charge in [0.05, 0.1) is 15.5 Å². The summed E-state index contributed by atoms with van der Waals surface area (Å²) in [5.74, 6) is 0. The summed E-state index contributed by atoms with van der Waals surface area (Å²) in [6.45, 7) is 5.57. The topological polar surface area (TPSA) is 73.0 Å². The minimum Gasteiger partial charge on any atom is -0.313 e. The Morgan fingerprint density at radius 1 is 1.43 bits per heavy atom. The van der Waals surface area contributed by atoms with Gasteiger partial charge < -0.3 is 5.32 Å². The summed E-state index contributed by atoms with van der Waals surface area (Å²) in [6, 6.07) is 6.77. The van der Waals surface area contributed by atoms with Gasteiger partial charge in [-0.1, -0.05) is 30.8 Å². The molecule has 0 saturated carbocycles. The molecular formula is C14H18N4O2S. The fraction of sp³-hybridized carbons (Fsp3) is 0.357. The van der Waals surface area contributed by atoms with Crippen molar-refractivity contribution in [3.05, 3.63) is 45.6 Å². The number of nitrogens with zero attached hydrogens (tertiary/aromatic N) is 3. The maximum atomic E-state index is 11.1. The molecule has 1 N–H and O–H groups in total. The molecule has 7 heteroatoms. The minimum absolute atomic E-state index is 0.121. The molecule has 0 aliphatic heterocycles. The number of nitro groups is 1. The first-order valence-corrected chi connectivity index (χ1v) is 7.50. The molecule has 2 rings (SSSR count). The zero-order valence-corrected chi connectivity index (χ0v) is 13.1. The molecule has 1 aromatic carbocycles. The lowest BCUT2D eigenvalue weighted by atomic mass is 10.2. The second-order valence-electron chi connectivity index (χ2n) is 4.60. The van der Waals surface area contributed by atoms with Gasteiger partial charge in [0.2, 0.25) is 0 Å². The van der Waals surface area contributed by atoms with Crippen LogP contribution in [-0.4, -0.2) is 21.2 Å². The molecule has 1 heterocycles. The Balaban J connectivity index is 2.38. The SMILES string of the molecule is CCNCc1c(C)nn(C)c1Sc1ccccc1[N+](=O)[O-]. The Morgan fingerprint density at radius 3 is 2.81 bits per heavy atom. The predicted molar refractivity (Wildman–Crippen MR) is 82.5 cm³/mol. The summed E-state index contributed by atoms with van der Waals surface area (Å²) < 4.78 is 1.78. The molecule has 1 aromatic heterocycles. The third-order valence-electron chi connectivity index (χ3n) is 3.11. The van der Waals surface area contributed by atoms with E-state index in [1.165, 1.54) is 17.8 Å². The lowest BCUT2D eigenvalue weighted by molar-refractivity contribution is -0.387. The number of aryl methyl sites for hydroxylation is 2. The Hall–Kier alpha value is -1.86. The van der Waals surface area contributed by atoms with Crippen LogP contribution in [0.3, 0.4) is 0 Å². The van der Waals surface area contributed by atoms with E-state index in [1.54, 1.807) is 16.8 Å². The average molecular weight is 306 g/mol. The second-order valence-corrected chi connectivity index (χ2v) is 5.63. The molecule has 0 atom stereocenters. The number of aromatic nitrogens is 2. The molecule has 0 radical (unpaired) electrons. The largest absolute Gasteiger partial charge is 0.313 e. The summed E-state index contributed by atoms with van der Waals surface area (Å²) in [7, 11) is 1.86. The van der Waals surface area contributed by atoms with Crippen molar-refractivity contribution in [1.29, 1.82) is 0 Å². The number of nitrogens with one attached hydrogen (secondary N) is 1. The zero-order chi connectivity index (χ0) is 15.4. The van der Waals surface area contributed by atoms with Crippen LogP contribution < -0.4 is 5.32 Å². The molecule has 0 bridgehead atoms. The van der Waals surface area contributed by atoms with Crippen LogP contribution in [0.25, 0.3) is 0 Å². The van der Waals surface area contributed by atoms with Crippen LogP contribution >= 0.6 is 11.8 Å². The van der Waals surface area contributed by atoms with E-state index in [0.717, 1.165) is 22.8 Å². The van der Waals surface area contributed by atoms with Gasteiger partial charge >= 0.3 is 0 Å². The summed E-state index contributed by atoms with van der Waals surface area (Å²) in [5.41, 5.74) is 2.15. The van der Waals surface area contributed by atoms with Crippen molar-refractivity contribution in [2.75, 3.05) is 6.54 Å². The number of rotatable bonds is 6. The zero-order valence-electron chi connectivity index (χ0n) is 12.3. The summed E-state index contributed by atoms with van der Waals surface area (Å²) >= 11 is 1.39. The van der Waals surface area contributed by atoms with E-state index in [4.69, 9.17) is 0 Å². The maximum Gasteiger partial charge on any atom is 0.283 e. The van der Waals surface area contributed by atoms with Crippen molar-refractivity contribution >= 4 is 17.4 Å². The first kappa shape index (κ1) is 15.5. The van der Waals surface area contributed by atoms with Gasteiger partial charge in [-0.3, -0.25) is 14.8 Å². The number of hydrogen-bond donors (Lipinski definition) is 1. The minimum atomic E-state index is -0.352. The molecule has 0 unspecified atom stereocenters. The number of benzene rings is 1. The van der Waals surface area contributed by atoms with E-state index in [9.17, 15) is 10.1 Å². The van der Waals surface area contributed by atoms with Crippen LogP contribution in [0.5, 0.6) is 0 Å². The smallest absolute Gasteiger partial charge is 0.283 e. The van der Waals surface area contributed by atoms with Crippen LogP contribution in [0, 0.1) is 17.0 Å². The molecule has 0 amide bonds. The first-order valence-electron chi connectivity index (χ1n) is 6.69. The highest BCUT2D eigenvalue weighted by atomic mass is 32.2. The second kappa shape index (κ2) is 6.73. The number of para-hydroxylation sites is 1. The number of hydrogen-bond acceptors (Lipinski definition) is 5. The highest BCUT2D eigenvalue weighted by Gasteiger charge is 2.19. The summed E-state index contributed by atoms with van der Waals surface area (Å²) in [6.07, 6.45) is 0. The van der Waals surface area contributed by atoms with Gasteiger partial charge in [0.15, 0.2) is 0 Å². The van der Waals surface area contributed by atoms with Gasteiger partial charge in [-0.05, 0) is 19.5 Å². The molecule has 0 saturated heterocycles. The van der Waals surface area contributed by atoms with Gasteiger partial charge in [0.1, 0.15) is 5.03 Å². The van der Waals surface area contributed by atoms with Gasteiger partial charge in [-0.15, -0.1) is 0 Å². The lowest BCUT2D eigenvalue weighted by Crippen LogP contribution is -2.12. The molecule has 0 aliphatic rings. The van der Waals surface area contributed by atoms with E-state index in [-0.39, 0.29) is 10.6 Å². The van der Waals surface area contributed by atoms with Gasteiger partial charge in [-0.25, -0.2) is 0 Å². The fourth-order valence-electron chi connectivity index (χ4n) is 2.06. The van der Waals surface area contributed by atoms with Crippen LogP contribution in [0.4, 0.5) is 5.69 Å². The molecule has 112 valence electrons.